The average Bonchev–Trinajstić information content (AvgIpc) is 2.53. The molecule has 1 aliphatic heterocycles. The van der Waals surface area contributed by atoms with Gasteiger partial charge < -0.3 is 14.8 Å². The van der Waals surface area contributed by atoms with Crippen LogP contribution in [0.2, 0.25) is 0 Å². The van der Waals surface area contributed by atoms with Crippen molar-refractivity contribution in [2.45, 2.75) is 19.6 Å². The molecular weight excluding hydrogens is 256 g/mol. The minimum Gasteiger partial charge on any atom is -0.497 e. The molecule has 1 saturated heterocycles. The van der Waals surface area contributed by atoms with E-state index in [2.05, 4.69) is 10.2 Å². The van der Waals surface area contributed by atoms with E-state index in [0.717, 1.165) is 37.5 Å². The quantitative estimate of drug-likeness (QED) is 0.815. The van der Waals surface area contributed by atoms with Crippen LogP contribution in [0.3, 0.4) is 0 Å². The lowest BCUT2D eigenvalue weighted by Gasteiger charge is -2.31. The summed E-state index contributed by atoms with van der Waals surface area (Å²) in [5, 5.41) is 3.27. The van der Waals surface area contributed by atoms with Crippen molar-refractivity contribution in [2.75, 3.05) is 33.3 Å². The Morgan fingerprint density at radius 1 is 1.40 bits per heavy atom. The lowest BCUT2D eigenvalue weighted by molar-refractivity contribution is -0.151. The highest BCUT2D eigenvalue weighted by Crippen LogP contribution is 2.14. The van der Waals surface area contributed by atoms with Crippen LogP contribution in [-0.4, -0.2) is 50.2 Å². The van der Waals surface area contributed by atoms with E-state index < -0.39 is 0 Å². The minimum atomic E-state index is -0.192. The van der Waals surface area contributed by atoms with Crippen molar-refractivity contribution in [2.24, 2.45) is 0 Å². The first-order valence-electron chi connectivity index (χ1n) is 6.95. The summed E-state index contributed by atoms with van der Waals surface area (Å²) in [6.07, 6.45) is 0. The highest BCUT2D eigenvalue weighted by Gasteiger charge is 2.23. The molecule has 110 valence electrons. The van der Waals surface area contributed by atoms with Gasteiger partial charge in [0.05, 0.1) is 7.11 Å². The van der Waals surface area contributed by atoms with E-state index in [1.165, 1.54) is 0 Å². The van der Waals surface area contributed by atoms with Crippen LogP contribution in [0.25, 0.3) is 0 Å². The number of hydrogen-bond donors (Lipinski definition) is 1. The van der Waals surface area contributed by atoms with E-state index in [-0.39, 0.29) is 18.6 Å². The van der Waals surface area contributed by atoms with E-state index >= 15 is 0 Å². The fourth-order valence-corrected chi connectivity index (χ4v) is 2.26. The summed E-state index contributed by atoms with van der Waals surface area (Å²) in [6.45, 7) is 5.80. The Bertz CT molecular complexity index is 444. The lowest BCUT2D eigenvalue weighted by atomic mass is 10.2. The smallest absolute Gasteiger partial charge is 0.323 e. The van der Waals surface area contributed by atoms with Crippen LogP contribution in [0.15, 0.2) is 24.3 Å². The Kier molecular flexibility index (Phi) is 5.38. The van der Waals surface area contributed by atoms with Crippen molar-refractivity contribution < 1.29 is 14.3 Å². The van der Waals surface area contributed by atoms with Gasteiger partial charge in [-0.3, -0.25) is 9.69 Å². The molecule has 0 aromatic heterocycles. The normalized spacial score (nSPS) is 17.5. The van der Waals surface area contributed by atoms with Gasteiger partial charge in [-0.2, -0.15) is 0 Å². The van der Waals surface area contributed by atoms with Crippen LogP contribution >= 0.6 is 0 Å². The molecule has 1 aromatic carbocycles. The second kappa shape index (κ2) is 7.26. The summed E-state index contributed by atoms with van der Waals surface area (Å²) in [7, 11) is 1.62. The zero-order valence-corrected chi connectivity index (χ0v) is 12.1. The Hall–Kier alpha value is -1.59. The molecule has 0 amide bonds. The number of rotatable bonds is 5. The van der Waals surface area contributed by atoms with Gasteiger partial charge in [0.15, 0.2) is 0 Å². The van der Waals surface area contributed by atoms with Gasteiger partial charge in [0, 0.05) is 26.2 Å². The van der Waals surface area contributed by atoms with Crippen molar-refractivity contribution in [3.63, 3.8) is 0 Å². The molecular formula is C15H22N2O3. The number of methoxy groups -OCH3 is 1. The summed E-state index contributed by atoms with van der Waals surface area (Å²) >= 11 is 0. The second-order valence-electron chi connectivity index (χ2n) is 4.92. The van der Waals surface area contributed by atoms with Gasteiger partial charge in [0.25, 0.3) is 0 Å². The standard InChI is InChI=1S/C15H22N2O3/c1-12(17-8-6-16-7-9-17)15(18)20-11-13-4-3-5-14(10-13)19-2/h3-5,10,12,16H,6-9,11H2,1-2H3. The molecule has 0 radical (unpaired) electrons. The molecule has 5 heteroatoms. The Balaban J connectivity index is 1.84. The number of esters is 1. The van der Waals surface area contributed by atoms with Crippen LogP contribution in [-0.2, 0) is 16.1 Å². The third-order valence-electron chi connectivity index (χ3n) is 3.56. The summed E-state index contributed by atoms with van der Waals surface area (Å²) in [4.78, 5) is 14.2. The second-order valence-corrected chi connectivity index (χ2v) is 4.92. The van der Waals surface area contributed by atoms with Crippen LogP contribution < -0.4 is 10.1 Å². The highest BCUT2D eigenvalue weighted by atomic mass is 16.5. The Morgan fingerprint density at radius 2 is 2.15 bits per heavy atom. The van der Waals surface area contributed by atoms with Gasteiger partial charge in [-0.25, -0.2) is 0 Å². The topological polar surface area (TPSA) is 50.8 Å². The summed E-state index contributed by atoms with van der Waals surface area (Å²) < 4.78 is 10.5. The molecule has 2 rings (SSSR count). The Labute approximate surface area is 119 Å². The largest absolute Gasteiger partial charge is 0.497 e. The molecule has 1 heterocycles. The third kappa shape index (κ3) is 3.95. The number of piperazine rings is 1. The van der Waals surface area contributed by atoms with E-state index in [9.17, 15) is 4.79 Å². The predicted molar refractivity (Wildman–Crippen MR) is 76.7 cm³/mol. The first kappa shape index (κ1) is 14.8. The van der Waals surface area contributed by atoms with E-state index in [1.807, 2.05) is 31.2 Å². The fraction of sp³-hybridized carbons (Fsp3) is 0.533. The van der Waals surface area contributed by atoms with Gasteiger partial charge in [0.1, 0.15) is 18.4 Å². The maximum absolute atomic E-state index is 12.1. The van der Waals surface area contributed by atoms with Crippen molar-refractivity contribution in [1.82, 2.24) is 10.2 Å². The molecule has 0 saturated carbocycles. The number of ether oxygens (including phenoxy) is 2. The van der Waals surface area contributed by atoms with Crippen molar-refractivity contribution in [3.8, 4) is 5.75 Å². The molecule has 1 aromatic rings. The minimum absolute atomic E-state index is 0.172. The fourth-order valence-electron chi connectivity index (χ4n) is 2.26. The molecule has 1 fully saturated rings. The maximum atomic E-state index is 12.1. The predicted octanol–water partition coefficient (Wildman–Crippen LogP) is 1.03. The molecule has 0 bridgehead atoms. The van der Waals surface area contributed by atoms with Crippen molar-refractivity contribution in [1.29, 1.82) is 0 Å². The number of nitrogens with zero attached hydrogens (tertiary/aromatic N) is 1. The highest BCUT2D eigenvalue weighted by molar-refractivity contribution is 5.75. The SMILES string of the molecule is COc1cccc(COC(=O)C(C)N2CCNCC2)c1. The first-order valence-corrected chi connectivity index (χ1v) is 6.95. The molecule has 0 aliphatic carbocycles. The number of benzene rings is 1. The van der Waals surface area contributed by atoms with E-state index in [4.69, 9.17) is 9.47 Å². The molecule has 1 aliphatic rings. The van der Waals surface area contributed by atoms with Gasteiger partial charge in [0.2, 0.25) is 0 Å². The molecule has 0 spiro atoms. The van der Waals surface area contributed by atoms with Gasteiger partial charge in [-0.15, -0.1) is 0 Å². The first-order chi connectivity index (χ1) is 9.70. The average molecular weight is 278 g/mol. The van der Waals surface area contributed by atoms with Crippen LogP contribution in [0, 0.1) is 0 Å². The zero-order valence-electron chi connectivity index (χ0n) is 12.1. The van der Waals surface area contributed by atoms with Crippen LogP contribution in [0.5, 0.6) is 5.75 Å². The van der Waals surface area contributed by atoms with E-state index in [1.54, 1.807) is 7.11 Å². The number of carbonyl (C=O) groups is 1. The maximum Gasteiger partial charge on any atom is 0.323 e. The molecule has 20 heavy (non-hydrogen) atoms. The summed E-state index contributed by atoms with van der Waals surface area (Å²) in [5.41, 5.74) is 0.935. The molecule has 1 N–H and O–H groups in total. The third-order valence-corrected chi connectivity index (χ3v) is 3.56. The molecule has 1 unspecified atom stereocenters. The number of hydrogen-bond acceptors (Lipinski definition) is 5. The zero-order chi connectivity index (χ0) is 14.4. The van der Waals surface area contributed by atoms with Gasteiger partial charge >= 0.3 is 5.97 Å². The van der Waals surface area contributed by atoms with Crippen molar-refractivity contribution in [3.05, 3.63) is 29.8 Å². The lowest BCUT2D eigenvalue weighted by Crippen LogP contribution is -2.50. The van der Waals surface area contributed by atoms with Crippen LogP contribution in [0.1, 0.15) is 12.5 Å². The van der Waals surface area contributed by atoms with E-state index in [0.29, 0.717) is 0 Å². The molecule has 5 nitrogen and oxygen atoms in total. The number of carbonyl (C=O) groups excluding carboxylic acids is 1. The number of nitrogens with one attached hydrogen (secondary N) is 1. The summed E-state index contributed by atoms with van der Waals surface area (Å²) in [6, 6.07) is 7.37. The monoisotopic (exact) mass is 278 g/mol. The van der Waals surface area contributed by atoms with Crippen molar-refractivity contribution >= 4 is 5.97 Å². The Morgan fingerprint density at radius 3 is 2.85 bits per heavy atom. The summed E-state index contributed by atoms with van der Waals surface area (Å²) in [5.74, 6) is 0.600. The van der Waals surface area contributed by atoms with Gasteiger partial charge in [-0.1, -0.05) is 12.1 Å². The molecule has 1 atom stereocenters. The van der Waals surface area contributed by atoms with Gasteiger partial charge in [-0.05, 0) is 24.6 Å². The van der Waals surface area contributed by atoms with Crippen LogP contribution in [0.4, 0.5) is 0 Å².